The van der Waals surface area contributed by atoms with Crippen molar-refractivity contribution in [3.05, 3.63) is 228 Å². The van der Waals surface area contributed by atoms with Gasteiger partial charge in [-0.05, 0) is 114 Å². The van der Waals surface area contributed by atoms with Crippen molar-refractivity contribution in [2.45, 2.75) is 44.3 Å². The van der Waals surface area contributed by atoms with Gasteiger partial charge in [-0.25, -0.2) is 0 Å². The summed E-state index contributed by atoms with van der Waals surface area (Å²) in [4.78, 5) is 2.59. The van der Waals surface area contributed by atoms with E-state index in [0.29, 0.717) is 0 Å². The third-order valence-electron chi connectivity index (χ3n) is 10.8. The Morgan fingerprint density at radius 2 is 0.552 bits per heavy atom. The highest BCUT2D eigenvalue weighted by Gasteiger charge is 2.09. The van der Waals surface area contributed by atoms with Gasteiger partial charge in [0.1, 0.15) is 0 Å². The molecular weight excluding hydrogens is 777 g/mol. The van der Waals surface area contributed by atoms with Crippen LogP contribution in [-0.2, 0) is 34.5 Å². The number of hydrogen-bond donors (Lipinski definition) is 0. The summed E-state index contributed by atoms with van der Waals surface area (Å²) in [5.74, 6) is 5.91. The van der Waals surface area contributed by atoms with E-state index in [9.17, 15) is 0 Å². The van der Waals surface area contributed by atoms with Crippen molar-refractivity contribution in [1.29, 1.82) is 0 Å². The molecule has 0 saturated carbocycles. The van der Waals surface area contributed by atoms with Crippen molar-refractivity contribution < 1.29 is 0 Å². The first kappa shape index (κ1) is 38.7. The minimum absolute atomic E-state index is 0.962. The first-order chi connectivity index (χ1) is 28.7. The molecule has 0 nitrogen and oxygen atoms in total. The fraction of sp³-hybridized carbons (Fsp3) is 0.111. The molecule has 0 atom stereocenters. The number of benzene rings is 8. The quantitative estimate of drug-likeness (QED) is 0.149. The van der Waals surface area contributed by atoms with Crippen molar-refractivity contribution in [2.75, 3.05) is 0 Å². The molecule has 4 heteroatoms. The summed E-state index contributed by atoms with van der Waals surface area (Å²) in [6.07, 6.45) is 0. The van der Waals surface area contributed by atoms with Gasteiger partial charge in [0.2, 0.25) is 0 Å². The Morgan fingerprint density at radius 3 is 0.897 bits per heavy atom. The van der Waals surface area contributed by atoms with Gasteiger partial charge in [0, 0.05) is 44.3 Å². The van der Waals surface area contributed by atoms with Crippen molar-refractivity contribution in [2.24, 2.45) is 0 Å². The van der Waals surface area contributed by atoms with Gasteiger partial charge in [0.25, 0.3) is 0 Å². The summed E-state index contributed by atoms with van der Waals surface area (Å²) in [6.45, 7) is 0. The van der Waals surface area contributed by atoms with Gasteiger partial charge in [-0.2, -0.15) is 23.5 Å². The maximum Gasteiger partial charge on any atom is 0.0235 e. The van der Waals surface area contributed by atoms with Crippen LogP contribution in [0.25, 0.3) is 44.5 Å². The van der Waals surface area contributed by atoms with Gasteiger partial charge in [-0.1, -0.05) is 158 Å². The van der Waals surface area contributed by atoms with E-state index in [2.05, 4.69) is 194 Å². The summed E-state index contributed by atoms with van der Waals surface area (Å²) >= 11 is 7.82. The van der Waals surface area contributed by atoms with Crippen molar-refractivity contribution in [1.82, 2.24) is 0 Å². The van der Waals surface area contributed by atoms with Gasteiger partial charge in [-0.15, -0.1) is 23.5 Å². The predicted octanol–water partition coefficient (Wildman–Crippen LogP) is 16.1. The zero-order valence-electron chi connectivity index (χ0n) is 32.4. The molecule has 7 aliphatic heterocycles. The molecule has 8 aromatic carbocycles. The molecule has 0 saturated heterocycles. The summed E-state index contributed by atoms with van der Waals surface area (Å²) in [7, 11) is 0. The second kappa shape index (κ2) is 18.8. The molecule has 58 heavy (non-hydrogen) atoms. The zero-order valence-corrected chi connectivity index (χ0v) is 35.6. The lowest BCUT2D eigenvalue weighted by atomic mass is 9.98. The summed E-state index contributed by atoms with van der Waals surface area (Å²) in [5.41, 5.74) is 18.4. The predicted molar refractivity (Wildman–Crippen MR) is 257 cm³/mol. The first-order valence-corrected chi connectivity index (χ1v) is 24.1. The van der Waals surface area contributed by atoms with E-state index < -0.39 is 0 Å². The molecule has 284 valence electrons. The number of hydrogen-bond acceptors (Lipinski definition) is 4. The molecule has 7 aliphatic rings. The Labute approximate surface area is 361 Å². The van der Waals surface area contributed by atoms with Crippen LogP contribution >= 0.6 is 47.0 Å². The smallest absolute Gasteiger partial charge is 0.0235 e. The Morgan fingerprint density at radius 1 is 0.241 bits per heavy atom. The Hall–Kier alpha value is -4.84. The van der Waals surface area contributed by atoms with Crippen LogP contribution < -0.4 is 0 Å². The maximum absolute atomic E-state index is 2.33. The normalized spacial score (nSPS) is 13.5. The number of rotatable bonds is 0. The minimum atomic E-state index is 0.962. The van der Waals surface area contributed by atoms with E-state index in [1.807, 2.05) is 47.0 Å². The Balaban J connectivity index is 0.955. The molecule has 0 amide bonds. The van der Waals surface area contributed by atoms with E-state index in [-0.39, 0.29) is 0 Å². The van der Waals surface area contributed by atoms with Crippen molar-refractivity contribution >= 4 is 47.0 Å². The van der Waals surface area contributed by atoms with Crippen LogP contribution in [0.3, 0.4) is 0 Å². The molecule has 7 heterocycles. The second-order valence-electron chi connectivity index (χ2n) is 14.7. The van der Waals surface area contributed by atoms with Gasteiger partial charge in [0.05, 0.1) is 0 Å². The highest BCUT2D eigenvalue weighted by atomic mass is 32.2. The van der Waals surface area contributed by atoms with Gasteiger partial charge in [0.15, 0.2) is 0 Å². The topological polar surface area (TPSA) is 0 Å². The molecule has 0 aromatic heterocycles. The molecule has 12 bridgehead atoms. The molecule has 0 spiro atoms. The van der Waals surface area contributed by atoms with Crippen LogP contribution in [0.5, 0.6) is 0 Å². The van der Waals surface area contributed by atoms with E-state index in [1.54, 1.807) is 0 Å². The fourth-order valence-electron chi connectivity index (χ4n) is 7.39. The van der Waals surface area contributed by atoms with E-state index in [1.165, 1.54) is 87.7 Å². The van der Waals surface area contributed by atoms with Crippen LogP contribution in [0, 0.1) is 0 Å². The van der Waals surface area contributed by atoms with Gasteiger partial charge >= 0.3 is 0 Å². The summed E-state index contributed by atoms with van der Waals surface area (Å²) in [6, 6.07) is 72.3. The van der Waals surface area contributed by atoms with E-state index in [4.69, 9.17) is 0 Å². The SMILES string of the molecule is c1cc2cc(c1)-c1ccc(cc1)CSCc1ccccc1CSc1ccc(cc1)-c1cccc(c1)-c1ccc(cc1)SCc1ccccc1CSCc1ccc-2cc1. The molecule has 15 rings (SSSR count). The van der Waals surface area contributed by atoms with Crippen LogP contribution in [0.2, 0.25) is 0 Å². The lowest BCUT2D eigenvalue weighted by Crippen LogP contribution is -1.92. The average molecular weight is 821 g/mol. The largest absolute Gasteiger partial charge is 0.152 e. The molecule has 0 fully saturated rings. The first-order valence-electron chi connectivity index (χ1n) is 19.8. The van der Waals surface area contributed by atoms with Crippen LogP contribution in [0.4, 0.5) is 0 Å². The molecule has 8 aromatic rings. The summed E-state index contributed by atoms with van der Waals surface area (Å²) < 4.78 is 0. The average Bonchev–Trinajstić information content (AvgIpc) is 3.29. The van der Waals surface area contributed by atoms with E-state index >= 15 is 0 Å². The molecule has 0 aliphatic carbocycles. The molecule has 0 N–H and O–H groups in total. The van der Waals surface area contributed by atoms with E-state index in [0.717, 1.165) is 34.5 Å². The zero-order chi connectivity index (χ0) is 38.9. The van der Waals surface area contributed by atoms with Gasteiger partial charge in [-0.3, -0.25) is 0 Å². The van der Waals surface area contributed by atoms with Crippen LogP contribution in [-0.4, -0.2) is 0 Å². The van der Waals surface area contributed by atoms with Gasteiger partial charge < -0.3 is 0 Å². The van der Waals surface area contributed by atoms with Crippen LogP contribution in [0.15, 0.2) is 204 Å². The van der Waals surface area contributed by atoms with Crippen molar-refractivity contribution in [3.63, 3.8) is 0 Å². The number of thioether (sulfide) groups is 4. The lowest BCUT2D eigenvalue weighted by molar-refractivity contribution is 1.27. The monoisotopic (exact) mass is 820 g/mol. The Kier molecular flexibility index (Phi) is 12.5. The van der Waals surface area contributed by atoms with Crippen molar-refractivity contribution in [3.8, 4) is 44.5 Å². The summed E-state index contributed by atoms with van der Waals surface area (Å²) in [5, 5.41) is 0. The van der Waals surface area contributed by atoms with Crippen LogP contribution in [0.1, 0.15) is 33.4 Å². The minimum Gasteiger partial charge on any atom is -0.152 e. The molecule has 0 radical (unpaired) electrons. The standard InChI is InChI=1S/C54H44S4/c1-3-9-51-37-57-53-27-23-43(24-28-53)47-13-6-14-48(32-47)44-25-29-54(30-26-44)58-38-52-10-4-2-8-50(52)36-56-34-40-17-21-42(22-18-40)46-12-5-11-45(31-46)41-19-15-39(16-20-41)33-55-35-49(51)7-1/h1-32H,33-38H2. The highest BCUT2D eigenvalue weighted by molar-refractivity contribution is 7.99. The highest BCUT2D eigenvalue weighted by Crippen LogP contribution is 2.34. The fourth-order valence-corrected chi connectivity index (χ4v) is 11.3. The lowest BCUT2D eigenvalue weighted by Gasteiger charge is -2.12. The molecular formula is C54H44S4. The molecule has 0 unspecified atom stereocenters. The maximum atomic E-state index is 2.33. The second-order valence-corrected chi connectivity index (χ2v) is 18.8. The Bertz CT molecular complexity index is 2420. The third-order valence-corrected chi connectivity index (χ3v) is 15.0. The third kappa shape index (κ3) is 9.71.